The van der Waals surface area contributed by atoms with Gasteiger partial charge in [-0.1, -0.05) is 30.3 Å². The Morgan fingerprint density at radius 1 is 1.12 bits per heavy atom. The van der Waals surface area contributed by atoms with Gasteiger partial charge >= 0.3 is 0 Å². The highest BCUT2D eigenvalue weighted by atomic mass is 16.6. The second-order valence-electron chi connectivity index (χ2n) is 4.50. The minimum Gasteiger partial charge on any atom is -0.328 e. The molecule has 1 aliphatic carbocycles. The Bertz CT molecular complexity index is 294. The third kappa shape index (κ3) is 3.59. The predicted molar refractivity (Wildman–Crippen MR) is 64.6 cm³/mol. The lowest BCUT2D eigenvalue weighted by Crippen LogP contribution is -2.37. The molecule has 0 bridgehead atoms. The molecule has 16 heavy (non-hydrogen) atoms. The van der Waals surface area contributed by atoms with Gasteiger partial charge < -0.3 is 5.73 Å². The minimum absolute atomic E-state index is 0.396. The molecule has 1 aromatic rings. The third-order valence-electron chi connectivity index (χ3n) is 3.10. The van der Waals surface area contributed by atoms with Gasteiger partial charge in [0.25, 0.3) is 0 Å². The van der Waals surface area contributed by atoms with Crippen LogP contribution in [0.25, 0.3) is 0 Å². The smallest absolute Gasteiger partial charge is 0.0933 e. The quantitative estimate of drug-likeness (QED) is 0.763. The number of rotatable bonds is 4. The Labute approximate surface area is 96.9 Å². The first-order chi connectivity index (χ1) is 7.84. The fourth-order valence-corrected chi connectivity index (χ4v) is 2.05. The molecule has 0 heterocycles. The summed E-state index contributed by atoms with van der Waals surface area (Å²) in [5.41, 5.74) is 10.2. The molecule has 2 rings (SSSR count). The maximum Gasteiger partial charge on any atom is 0.0933 e. The van der Waals surface area contributed by atoms with E-state index in [0.29, 0.717) is 18.7 Å². The van der Waals surface area contributed by atoms with Crippen LogP contribution in [0.4, 0.5) is 0 Å². The van der Waals surface area contributed by atoms with Crippen molar-refractivity contribution in [3.8, 4) is 0 Å². The van der Waals surface area contributed by atoms with Crippen LogP contribution in [0.1, 0.15) is 31.2 Å². The van der Waals surface area contributed by atoms with E-state index in [1.807, 2.05) is 18.2 Å². The molecular weight excluding hydrogens is 200 g/mol. The second-order valence-corrected chi connectivity index (χ2v) is 4.50. The van der Waals surface area contributed by atoms with Gasteiger partial charge in [0.05, 0.1) is 6.61 Å². The number of nitrogens with two attached hydrogens (primary N) is 1. The number of hydrogen-bond acceptors (Lipinski definition) is 3. The van der Waals surface area contributed by atoms with Crippen molar-refractivity contribution in [1.82, 2.24) is 5.48 Å². The lowest BCUT2D eigenvalue weighted by atomic mass is 9.92. The first-order valence-electron chi connectivity index (χ1n) is 6.01. The van der Waals surface area contributed by atoms with Crippen molar-refractivity contribution in [3.63, 3.8) is 0 Å². The van der Waals surface area contributed by atoms with Crippen molar-refractivity contribution in [2.75, 3.05) is 0 Å². The zero-order chi connectivity index (χ0) is 11.2. The summed E-state index contributed by atoms with van der Waals surface area (Å²) in [5, 5.41) is 0. The molecule has 0 aromatic heterocycles. The Balaban J connectivity index is 1.65. The van der Waals surface area contributed by atoms with Crippen LogP contribution in [-0.4, -0.2) is 12.1 Å². The second kappa shape index (κ2) is 5.99. The van der Waals surface area contributed by atoms with Crippen molar-refractivity contribution in [2.45, 2.75) is 44.4 Å². The number of benzene rings is 1. The summed E-state index contributed by atoms with van der Waals surface area (Å²) in [4.78, 5) is 5.50. The van der Waals surface area contributed by atoms with E-state index in [1.54, 1.807) is 0 Å². The first kappa shape index (κ1) is 11.6. The zero-order valence-corrected chi connectivity index (χ0v) is 9.56. The Hall–Kier alpha value is -0.900. The molecule has 0 amide bonds. The van der Waals surface area contributed by atoms with Crippen LogP contribution >= 0.6 is 0 Å². The van der Waals surface area contributed by atoms with Crippen molar-refractivity contribution in [2.24, 2.45) is 5.73 Å². The lowest BCUT2D eigenvalue weighted by Gasteiger charge is -2.26. The summed E-state index contributed by atoms with van der Waals surface area (Å²) in [6, 6.07) is 11.1. The van der Waals surface area contributed by atoms with Crippen molar-refractivity contribution in [3.05, 3.63) is 35.9 Å². The van der Waals surface area contributed by atoms with Gasteiger partial charge in [-0.25, -0.2) is 0 Å². The fraction of sp³-hybridized carbons (Fsp3) is 0.538. The molecule has 1 aliphatic rings. The number of hydrogen-bond donors (Lipinski definition) is 2. The molecule has 1 aromatic carbocycles. The van der Waals surface area contributed by atoms with E-state index in [2.05, 4.69) is 17.6 Å². The Morgan fingerprint density at radius 2 is 1.81 bits per heavy atom. The van der Waals surface area contributed by atoms with Gasteiger partial charge in [-0.3, -0.25) is 4.84 Å². The fourth-order valence-electron chi connectivity index (χ4n) is 2.05. The average molecular weight is 220 g/mol. The van der Waals surface area contributed by atoms with E-state index in [-0.39, 0.29) is 0 Å². The maximum atomic E-state index is 5.85. The predicted octanol–water partition coefficient (Wildman–Crippen LogP) is 1.98. The van der Waals surface area contributed by atoms with E-state index in [4.69, 9.17) is 10.6 Å². The molecule has 0 saturated heterocycles. The van der Waals surface area contributed by atoms with Gasteiger partial charge in [0.2, 0.25) is 0 Å². The largest absolute Gasteiger partial charge is 0.328 e. The SMILES string of the molecule is NC1CCC(NOCc2ccccc2)CC1. The van der Waals surface area contributed by atoms with Gasteiger partial charge in [-0.05, 0) is 31.2 Å². The molecule has 0 unspecified atom stereocenters. The van der Waals surface area contributed by atoms with Gasteiger partial charge in [0, 0.05) is 12.1 Å². The summed E-state index contributed by atoms with van der Waals surface area (Å²) in [5.74, 6) is 0. The third-order valence-corrected chi connectivity index (χ3v) is 3.10. The highest BCUT2D eigenvalue weighted by Crippen LogP contribution is 2.16. The average Bonchev–Trinajstić information content (AvgIpc) is 2.33. The summed E-state index contributed by atoms with van der Waals surface area (Å²) in [6.07, 6.45) is 4.45. The maximum absolute atomic E-state index is 5.85. The number of nitrogens with one attached hydrogen (secondary N) is 1. The monoisotopic (exact) mass is 220 g/mol. The van der Waals surface area contributed by atoms with Crippen LogP contribution in [0.3, 0.4) is 0 Å². The molecule has 0 spiro atoms. The van der Waals surface area contributed by atoms with Crippen molar-refractivity contribution >= 4 is 0 Å². The van der Waals surface area contributed by atoms with Crippen molar-refractivity contribution in [1.29, 1.82) is 0 Å². The van der Waals surface area contributed by atoms with E-state index < -0.39 is 0 Å². The minimum atomic E-state index is 0.396. The number of hydroxylamine groups is 1. The normalized spacial score (nSPS) is 25.6. The van der Waals surface area contributed by atoms with E-state index in [9.17, 15) is 0 Å². The topological polar surface area (TPSA) is 47.3 Å². The molecule has 3 N–H and O–H groups in total. The first-order valence-corrected chi connectivity index (χ1v) is 6.01. The lowest BCUT2D eigenvalue weighted by molar-refractivity contribution is -0.00562. The zero-order valence-electron chi connectivity index (χ0n) is 9.56. The molecule has 0 aliphatic heterocycles. The molecule has 1 saturated carbocycles. The highest BCUT2D eigenvalue weighted by molar-refractivity contribution is 5.13. The van der Waals surface area contributed by atoms with Crippen LogP contribution in [0.5, 0.6) is 0 Å². The Kier molecular flexibility index (Phi) is 4.34. The van der Waals surface area contributed by atoms with Crippen molar-refractivity contribution < 1.29 is 4.84 Å². The highest BCUT2D eigenvalue weighted by Gasteiger charge is 2.17. The van der Waals surface area contributed by atoms with Crippen LogP contribution in [-0.2, 0) is 11.4 Å². The Morgan fingerprint density at radius 3 is 2.50 bits per heavy atom. The van der Waals surface area contributed by atoms with Crippen LogP contribution < -0.4 is 11.2 Å². The van der Waals surface area contributed by atoms with Crippen LogP contribution in [0, 0.1) is 0 Å². The van der Waals surface area contributed by atoms with E-state index in [0.717, 1.165) is 25.7 Å². The van der Waals surface area contributed by atoms with Gasteiger partial charge in [0.15, 0.2) is 0 Å². The summed E-state index contributed by atoms with van der Waals surface area (Å²) >= 11 is 0. The molecular formula is C13H20N2O. The van der Waals surface area contributed by atoms with E-state index in [1.165, 1.54) is 5.56 Å². The standard InChI is InChI=1S/C13H20N2O/c14-12-6-8-13(9-7-12)15-16-10-11-4-2-1-3-5-11/h1-5,12-13,15H,6-10,14H2. The van der Waals surface area contributed by atoms with Gasteiger partial charge in [-0.2, -0.15) is 5.48 Å². The summed E-state index contributed by atoms with van der Waals surface area (Å²) < 4.78 is 0. The molecule has 1 fully saturated rings. The molecule has 0 atom stereocenters. The van der Waals surface area contributed by atoms with Gasteiger partial charge in [-0.15, -0.1) is 0 Å². The van der Waals surface area contributed by atoms with Gasteiger partial charge in [0.1, 0.15) is 0 Å². The molecule has 0 radical (unpaired) electrons. The summed E-state index contributed by atoms with van der Waals surface area (Å²) in [7, 11) is 0. The van der Waals surface area contributed by atoms with Crippen LogP contribution in [0.15, 0.2) is 30.3 Å². The molecule has 3 nitrogen and oxygen atoms in total. The molecule has 3 heteroatoms. The van der Waals surface area contributed by atoms with E-state index >= 15 is 0 Å². The van der Waals surface area contributed by atoms with Crippen LogP contribution in [0.2, 0.25) is 0 Å². The molecule has 88 valence electrons. The summed E-state index contributed by atoms with van der Waals surface area (Å²) in [6.45, 7) is 0.628.